The SMILES string of the molecule is CC(C)CCC1CCCC1N[C@H](C)CCO. The molecule has 0 amide bonds. The van der Waals surface area contributed by atoms with Gasteiger partial charge in [-0.3, -0.25) is 0 Å². The van der Waals surface area contributed by atoms with Crippen LogP contribution < -0.4 is 5.32 Å². The van der Waals surface area contributed by atoms with E-state index in [9.17, 15) is 0 Å². The van der Waals surface area contributed by atoms with Crippen molar-refractivity contribution in [1.82, 2.24) is 5.32 Å². The Kier molecular flexibility index (Phi) is 6.37. The first-order valence-electron chi connectivity index (χ1n) is 7.00. The zero-order valence-electron chi connectivity index (χ0n) is 11.2. The lowest BCUT2D eigenvalue weighted by molar-refractivity contribution is 0.252. The Hall–Kier alpha value is -0.0800. The Balaban J connectivity index is 2.28. The van der Waals surface area contributed by atoms with E-state index in [1.807, 2.05) is 0 Å². The lowest BCUT2D eigenvalue weighted by atomic mass is 9.93. The van der Waals surface area contributed by atoms with Gasteiger partial charge in [-0.1, -0.05) is 26.7 Å². The third kappa shape index (κ3) is 4.84. The van der Waals surface area contributed by atoms with E-state index in [4.69, 9.17) is 5.11 Å². The Labute approximate surface area is 101 Å². The minimum absolute atomic E-state index is 0.303. The van der Waals surface area contributed by atoms with Crippen molar-refractivity contribution in [2.75, 3.05) is 6.61 Å². The maximum atomic E-state index is 8.91. The van der Waals surface area contributed by atoms with Crippen LogP contribution in [0.3, 0.4) is 0 Å². The number of rotatable bonds is 7. The van der Waals surface area contributed by atoms with Crippen LogP contribution in [0, 0.1) is 11.8 Å². The van der Waals surface area contributed by atoms with Crippen LogP contribution in [0.15, 0.2) is 0 Å². The molecule has 16 heavy (non-hydrogen) atoms. The molecule has 1 rings (SSSR count). The number of aliphatic hydroxyl groups is 1. The summed E-state index contributed by atoms with van der Waals surface area (Å²) in [6.45, 7) is 7.11. The normalized spacial score (nSPS) is 27.6. The Morgan fingerprint density at radius 3 is 2.56 bits per heavy atom. The Bertz CT molecular complexity index is 182. The molecule has 1 aliphatic rings. The molecule has 96 valence electrons. The Morgan fingerprint density at radius 2 is 1.94 bits per heavy atom. The van der Waals surface area contributed by atoms with Crippen molar-refractivity contribution in [1.29, 1.82) is 0 Å². The molecule has 0 aromatic carbocycles. The molecule has 0 saturated heterocycles. The second-order valence-corrected chi connectivity index (χ2v) is 5.85. The summed E-state index contributed by atoms with van der Waals surface area (Å²) < 4.78 is 0. The summed E-state index contributed by atoms with van der Waals surface area (Å²) >= 11 is 0. The molecule has 0 bridgehead atoms. The van der Waals surface area contributed by atoms with Gasteiger partial charge in [0.2, 0.25) is 0 Å². The van der Waals surface area contributed by atoms with Gasteiger partial charge in [0.25, 0.3) is 0 Å². The number of hydrogen-bond acceptors (Lipinski definition) is 2. The van der Waals surface area contributed by atoms with Crippen molar-refractivity contribution in [2.45, 2.75) is 71.4 Å². The fraction of sp³-hybridized carbons (Fsp3) is 1.00. The Morgan fingerprint density at radius 1 is 1.19 bits per heavy atom. The van der Waals surface area contributed by atoms with Gasteiger partial charge >= 0.3 is 0 Å². The summed E-state index contributed by atoms with van der Waals surface area (Å²) in [7, 11) is 0. The molecule has 2 unspecified atom stereocenters. The van der Waals surface area contributed by atoms with Crippen molar-refractivity contribution in [3.63, 3.8) is 0 Å². The largest absolute Gasteiger partial charge is 0.396 e. The molecule has 3 atom stereocenters. The fourth-order valence-corrected chi connectivity index (χ4v) is 2.79. The second kappa shape index (κ2) is 7.29. The molecule has 2 heteroatoms. The molecule has 0 heterocycles. The van der Waals surface area contributed by atoms with Crippen molar-refractivity contribution >= 4 is 0 Å². The molecule has 0 aromatic rings. The average molecular weight is 227 g/mol. The summed E-state index contributed by atoms with van der Waals surface area (Å²) in [6, 6.07) is 1.18. The van der Waals surface area contributed by atoms with Crippen molar-refractivity contribution < 1.29 is 5.11 Å². The average Bonchev–Trinajstić information content (AvgIpc) is 2.62. The molecule has 2 nitrogen and oxygen atoms in total. The summed E-state index contributed by atoms with van der Waals surface area (Å²) in [5, 5.41) is 12.6. The highest BCUT2D eigenvalue weighted by Gasteiger charge is 2.27. The van der Waals surface area contributed by atoms with E-state index >= 15 is 0 Å². The van der Waals surface area contributed by atoms with Crippen LogP contribution >= 0.6 is 0 Å². The van der Waals surface area contributed by atoms with Crippen LogP contribution in [0.4, 0.5) is 0 Å². The van der Waals surface area contributed by atoms with Crippen molar-refractivity contribution in [3.8, 4) is 0 Å². The van der Waals surface area contributed by atoms with Crippen molar-refractivity contribution in [3.05, 3.63) is 0 Å². The molecule has 2 N–H and O–H groups in total. The number of nitrogens with one attached hydrogen (secondary N) is 1. The van der Waals surface area contributed by atoms with Crippen LogP contribution in [0.5, 0.6) is 0 Å². The lowest BCUT2D eigenvalue weighted by Gasteiger charge is -2.25. The smallest absolute Gasteiger partial charge is 0.0445 e. The molecule has 1 aliphatic carbocycles. The minimum Gasteiger partial charge on any atom is -0.396 e. The first-order chi connectivity index (χ1) is 7.63. The summed E-state index contributed by atoms with van der Waals surface area (Å²) in [4.78, 5) is 0. The van der Waals surface area contributed by atoms with Gasteiger partial charge in [-0.15, -0.1) is 0 Å². The van der Waals surface area contributed by atoms with E-state index in [0.717, 1.165) is 18.3 Å². The molecule has 0 radical (unpaired) electrons. The predicted octanol–water partition coefficient (Wildman–Crippen LogP) is 2.95. The summed E-state index contributed by atoms with van der Waals surface area (Å²) in [6.07, 6.45) is 7.73. The first kappa shape index (κ1) is 14.0. The van der Waals surface area contributed by atoms with Gasteiger partial charge in [0.1, 0.15) is 0 Å². The molecule has 0 aliphatic heterocycles. The van der Waals surface area contributed by atoms with E-state index in [1.54, 1.807) is 0 Å². The van der Waals surface area contributed by atoms with Crippen LogP contribution in [-0.2, 0) is 0 Å². The lowest BCUT2D eigenvalue weighted by Crippen LogP contribution is -2.39. The zero-order chi connectivity index (χ0) is 12.0. The highest BCUT2D eigenvalue weighted by Crippen LogP contribution is 2.30. The van der Waals surface area contributed by atoms with Gasteiger partial charge in [0.05, 0.1) is 0 Å². The maximum Gasteiger partial charge on any atom is 0.0445 e. The van der Waals surface area contributed by atoms with E-state index in [1.165, 1.54) is 32.1 Å². The fourth-order valence-electron chi connectivity index (χ4n) is 2.79. The monoisotopic (exact) mass is 227 g/mol. The van der Waals surface area contributed by atoms with Gasteiger partial charge in [-0.25, -0.2) is 0 Å². The third-order valence-corrected chi connectivity index (χ3v) is 3.83. The van der Waals surface area contributed by atoms with Crippen LogP contribution in [0.1, 0.15) is 59.3 Å². The minimum atomic E-state index is 0.303. The molecule has 0 aromatic heterocycles. The zero-order valence-corrected chi connectivity index (χ0v) is 11.2. The molecule has 1 saturated carbocycles. The van der Waals surface area contributed by atoms with Gasteiger partial charge in [0.15, 0.2) is 0 Å². The molecule has 1 fully saturated rings. The number of hydrogen-bond donors (Lipinski definition) is 2. The summed E-state index contributed by atoms with van der Waals surface area (Å²) in [5.41, 5.74) is 0. The van der Waals surface area contributed by atoms with Crippen LogP contribution in [0.25, 0.3) is 0 Å². The second-order valence-electron chi connectivity index (χ2n) is 5.85. The van der Waals surface area contributed by atoms with Gasteiger partial charge in [-0.05, 0) is 44.4 Å². The standard InChI is InChI=1S/C14H29NO/c1-11(2)7-8-13-5-4-6-14(13)15-12(3)9-10-16/h11-16H,4-10H2,1-3H3/t12-,13?,14?/m1/s1. The molecule has 0 spiro atoms. The van der Waals surface area contributed by atoms with E-state index in [0.29, 0.717) is 18.7 Å². The molecular weight excluding hydrogens is 198 g/mol. The maximum absolute atomic E-state index is 8.91. The van der Waals surface area contributed by atoms with Gasteiger partial charge in [0, 0.05) is 18.7 Å². The quantitative estimate of drug-likeness (QED) is 0.701. The van der Waals surface area contributed by atoms with Crippen LogP contribution in [-0.4, -0.2) is 23.8 Å². The van der Waals surface area contributed by atoms with E-state index in [2.05, 4.69) is 26.1 Å². The summed E-state index contributed by atoms with van der Waals surface area (Å²) in [5.74, 6) is 1.71. The van der Waals surface area contributed by atoms with Crippen molar-refractivity contribution in [2.24, 2.45) is 11.8 Å². The van der Waals surface area contributed by atoms with Gasteiger partial charge < -0.3 is 10.4 Å². The van der Waals surface area contributed by atoms with E-state index in [-0.39, 0.29) is 0 Å². The molecular formula is C14H29NO. The van der Waals surface area contributed by atoms with Gasteiger partial charge in [-0.2, -0.15) is 0 Å². The number of aliphatic hydroxyl groups excluding tert-OH is 1. The first-order valence-corrected chi connectivity index (χ1v) is 7.00. The van der Waals surface area contributed by atoms with Crippen LogP contribution in [0.2, 0.25) is 0 Å². The van der Waals surface area contributed by atoms with E-state index < -0.39 is 0 Å². The highest BCUT2D eigenvalue weighted by atomic mass is 16.3. The topological polar surface area (TPSA) is 32.3 Å². The third-order valence-electron chi connectivity index (χ3n) is 3.83. The predicted molar refractivity (Wildman–Crippen MR) is 69.5 cm³/mol. The highest BCUT2D eigenvalue weighted by molar-refractivity contribution is 4.85.